The van der Waals surface area contributed by atoms with Gasteiger partial charge < -0.3 is 11.1 Å². The lowest BCUT2D eigenvalue weighted by Crippen LogP contribution is -2.17. The van der Waals surface area contributed by atoms with Gasteiger partial charge in [-0.3, -0.25) is 0 Å². The number of anilines is 1. The minimum atomic E-state index is 0.422. The number of thiophene rings is 1. The lowest BCUT2D eigenvalue weighted by Gasteiger charge is -2.12. The Balaban J connectivity index is 1.75. The van der Waals surface area contributed by atoms with Gasteiger partial charge in [0, 0.05) is 12.2 Å². The second-order valence-corrected chi connectivity index (χ2v) is 6.24. The number of aromatic nitrogens is 1. The lowest BCUT2D eigenvalue weighted by molar-refractivity contribution is 0.898. The van der Waals surface area contributed by atoms with E-state index in [4.69, 9.17) is 22.9 Å². The first-order chi connectivity index (χ1) is 9.74. The number of rotatable bonds is 5. The highest BCUT2D eigenvalue weighted by molar-refractivity contribution is 7.80. The molecule has 0 aromatic carbocycles. The molecule has 0 spiro atoms. The third kappa shape index (κ3) is 2.83. The molecule has 0 amide bonds. The van der Waals surface area contributed by atoms with Gasteiger partial charge in [-0.15, -0.1) is 0 Å². The Morgan fingerprint density at radius 3 is 3.10 bits per heavy atom. The molecular formula is C15H17N3S2. The van der Waals surface area contributed by atoms with E-state index in [0.29, 0.717) is 4.99 Å². The van der Waals surface area contributed by atoms with Gasteiger partial charge in [0.05, 0.1) is 5.56 Å². The van der Waals surface area contributed by atoms with Gasteiger partial charge in [0.25, 0.3) is 0 Å². The Kier molecular flexibility index (Phi) is 3.98. The van der Waals surface area contributed by atoms with E-state index in [1.165, 1.54) is 23.2 Å². The number of nitrogens with one attached hydrogen (secondary N) is 1. The molecule has 2 aromatic heterocycles. The molecule has 2 aromatic rings. The summed E-state index contributed by atoms with van der Waals surface area (Å²) in [5.74, 6) is 0.841. The summed E-state index contributed by atoms with van der Waals surface area (Å²) in [4.78, 5) is 5.14. The Labute approximate surface area is 128 Å². The fourth-order valence-corrected chi connectivity index (χ4v) is 3.41. The zero-order valence-electron chi connectivity index (χ0n) is 11.2. The first-order valence-electron chi connectivity index (χ1n) is 6.81. The van der Waals surface area contributed by atoms with Crippen molar-refractivity contribution in [2.45, 2.75) is 25.7 Å². The third-order valence-electron chi connectivity index (χ3n) is 3.60. The van der Waals surface area contributed by atoms with Crippen molar-refractivity contribution in [3.8, 4) is 0 Å². The molecule has 0 saturated heterocycles. The maximum Gasteiger partial charge on any atom is 0.136 e. The highest BCUT2D eigenvalue weighted by Gasteiger charge is 2.17. The predicted octanol–water partition coefficient (Wildman–Crippen LogP) is 2.92. The van der Waals surface area contributed by atoms with Crippen LogP contribution >= 0.6 is 23.6 Å². The topological polar surface area (TPSA) is 50.9 Å². The lowest BCUT2D eigenvalue weighted by atomic mass is 10.1. The van der Waals surface area contributed by atoms with Crippen LogP contribution in [0.5, 0.6) is 0 Å². The maximum atomic E-state index is 5.83. The minimum Gasteiger partial charge on any atom is -0.389 e. The molecule has 0 radical (unpaired) electrons. The van der Waals surface area contributed by atoms with Crippen molar-refractivity contribution >= 4 is 34.4 Å². The molecule has 2 heterocycles. The summed E-state index contributed by atoms with van der Waals surface area (Å²) in [5, 5.41) is 7.66. The van der Waals surface area contributed by atoms with Crippen LogP contribution in [0.25, 0.3) is 0 Å². The highest BCUT2D eigenvalue weighted by atomic mass is 32.1. The molecule has 3 rings (SSSR count). The normalized spacial score (nSPS) is 13.2. The Hall–Kier alpha value is -1.46. The molecule has 20 heavy (non-hydrogen) atoms. The van der Waals surface area contributed by atoms with E-state index in [1.807, 2.05) is 0 Å². The van der Waals surface area contributed by atoms with E-state index in [2.05, 4.69) is 28.2 Å². The van der Waals surface area contributed by atoms with Gasteiger partial charge in [-0.05, 0) is 59.7 Å². The van der Waals surface area contributed by atoms with Gasteiger partial charge in [0.15, 0.2) is 0 Å². The second kappa shape index (κ2) is 5.89. The molecule has 0 aliphatic heterocycles. The molecule has 0 saturated carbocycles. The second-order valence-electron chi connectivity index (χ2n) is 5.02. The monoisotopic (exact) mass is 303 g/mol. The molecule has 3 N–H and O–H groups in total. The first kappa shape index (κ1) is 13.5. The van der Waals surface area contributed by atoms with Gasteiger partial charge in [0.1, 0.15) is 10.8 Å². The van der Waals surface area contributed by atoms with Crippen molar-refractivity contribution < 1.29 is 0 Å². The zero-order valence-corrected chi connectivity index (χ0v) is 12.8. The van der Waals surface area contributed by atoms with Crippen LogP contribution in [0.4, 0.5) is 5.82 Å². The molecule has 104 valence electrons. The van der Waals surface area contributed by atoms with E-state index in [0.717, 1.165) is 37.2 Å². The third-order valence-corrected chi connectivity index (χ3v) is 4.55. The van der Waals surface area contributed by atoms with Crippen LogP contribution in [0.3, 0.4) is 0 Å². The average molecular weight is 303 g/mol. The van der Waals surface area contributed by atoms with Crippen LogP contribution in [-0.2, 0) is 19.3 Å². The molecule has 1 aliphatic carbocycles. The number of nitrogens with zero attached hydrogens (tertiary/aromatic N) is 1. The summed E-state index contributed by atoms with van der Waals surface area (Å²) in [6.45, 7) is 0.845. The average Bonchev–Trinajstić information content (AvgIpc) is 3.07. The number of pyridine rings is 1. The Bertz CT molecular complexity index is 620. The number of fused-ring (bicyclic) bond motifs is 1. The molecule has 0 atom stereocenters. The van der Waals surface area contributed by atoms with Gasteiger partial charge in [0.2, 0.25) is 0 Å². The highest BCUT2D eigenvalue weighted by Crippen LogP contribution is 2.25. The minimum absolute atomic E-state index is 0.422. The Morgan fingerprint density at radius 1 is 1.45 bits per heavy atom. The van der Waals surface area contributed by atoms with Crippen LogP contribution < -0.4 is 11.1 Å². The van der Waals surface area contributed by atoms with Crippen LogP contribution in [-0.4, -0.2) is 16.5 Å². The standard InChI is InChI=1S/C15H17N3S2/c16-14(19)12-8-11-2-1-3-13(11)18-15(12)17-6-4-10-5-7-20-9-10/h5,7-9H,1-4,6H2,(H2,16,19)(H,17,18). The van der Waals surface area contributed by atoms with Crippen molar-refractivity contribution in [3.63, 3.8) is 0 Å². The van der Waals surface area contributed by atoms with Crippen LogP contribution in [0.2, 0.25) is 0 Å². The van der Waals surface area contributed by atoms with Crippen molar-refractivity contribution in [1.29, 1.82) is 0 Å². The number of aryl methyl sites for hydroxylation is 2. The predicted molar refractivity (Wildman–Crippen MR) is 88.7 cm³/mol. The molecule has 5 heteroatoms. The largest absolute Gasteiger partial charge is 0.389 e. The van der Waals surface area contributed by atoms with Crippen molar-refractivity contribution in [1.82, 2.24) is 4.98 Å². The van der Waals surface area contributed by atoms with Crippen molar-refractivity contribution in [2.24, 2.45) is 5.73 Å². The number of hydrogen-bond acceptors (Lipinski definition) is 4. The fourth-order valence-electron chi connectivity index (χ4n) is 2.55. The fraction of sp³-hybridized carbons (Fsp3) is 0.333. The molecular weight excluding hydrogens is 286 g/mol. The SMILES string of the molecule is NC(=S)c1cc2c(nc1NCCc1ccsc1)CCC2. The summed E-state index contributed by atoms with van der Waals surface area (Å²) in [7, 11) is 0. The summed E-state index contributed by atoms with van der Waals surface area (Å²) in [6.07, 6.45) is 4.32. The van der Waals surface area contributed by atoms with Gasteiger partial charge in [-0.25, -0.2) is 4.98 Å². The van der Waals surface area contributed by atoms with E-state index in [9.17, 15) is 0 Å². The summed E-state index contributed by atoms with van der Waals surface area (Å²) in [5.41, 5.74) is 10.6. The molecule has 3 nitrogen and oxygen atoms in total. The van der Waals surface area contributed by atoms with Gasteiger partial charge in [-0.1, -0.05) is 12.2 Å². The van der Waals surface area contributed by atoms with Gasteiger partial charge >= 0.3 is 0 Å². The molecule has 0 fully saturated rings. The molecule has 0 unspecified atom stereocenters. The summed E-state index contributed by atoms with van der Waals surface area (Å²) in [6, 6.07) is 4.27. The molecule has 1 aliphatic rings. The summed E-state index contributed by atoms with van der Waals surface area (Å²) >= 11 is 6.88. The number of thiocarbonyl (C=S) groups is 1. The maximum absolute atomic E-state index is 5.83. The first-order valence-corrected chi connectivity index (χ1v) is 8.16. The van der Waals surface area contributed by atoms with Crippen LogP contribution in [0.15, 0.2) is 22.9 Å². The smallest absolute Gasteiger partial charge is 0.136 e. The van der Waals surface area contributed by atoms with E-state index in [-0.39, 0.29) is 0 Å². The summed E-state index contributed by atoms with van der Waals surface area (Å²) < 4.78 is 0. The van der Waals surface area contributed by atoms with E-state index >= 15 is 0 Å². The van der Waals surface area contributed by atoms with Gasteiger partial charge in [-0.2, -0.15) is 11.3 Å². The van der Waals surface area contributed by atoms with Crippen LogP contribution in [0, 0.1) is 0 Å². The number of nitrogens with two attached hydrogens (primary N) is 1. The zero-order chi connectivity index (χ0) is 13.9. The van der Waals surface area contributed by atoms with Crippen molar-refractivity contribution in [3.05, 3.63) is 45.3 Å². The quantitative estimate of drug-likeness (QED) is 0.834. The van der Waals surface area contributed by atoms with Crippen LogP contribution in [0.1, 0.15) is 28.8 Å². The van der Waals surface area contributed by atoms with E-state index in [1.54, 1.807) is 11.3 Å². The van der Waals surface area contributed by atoms with E-state index < -0.39 is 0 Å². The Morgan fingerprint density at radius 2 is 2.35 bits per heavy atom. The van der Waals surface area contributed by atoms with Crippen molar-refractivity contribution in [2.75, 3.05) is 11.9 Å². The molecule has 0 bridgehead atoms. The number of hydrogen-bond donors (Lipinski definition) is 2.